The highest BCUT2D eigenvalue weighted by Gasteiger charge is 2.32. The molecule has 9 nitrogen and oxygen atoms in total. The Bertz CT molecular complexity index is 1450. The average molecular weight is 586 g/mol. The first-order valence-electron chi connectivity index (χ1n) is 13.2. The summed E-state index contributed by atoms with van der Waals surface area (Å²) >= 11 is 6.25. The Balaban J connectivity index is 1.27. The van der Waals surface area contributed by atoms with Crippen molar-refractivity contribution in [2.75, 3.05) is 39.6 Å². The Hall–Kier alpha value is -3.31. The molecule has 0 aliphatic carbocycles. The van der Waals surface area contributed by atoms with Gasteiger partial charge in [-0.3, -0.25) is 9.69 Å². The lowest BCUT2D eigenvalue weighted by molar-refractivity contribution is -0.134. The van der Waals surface area contributed by atoms with Gasteiger partial charge < -0.3 is 19.1 Å². The van der Waals surface area contributed by atoms with Gasteiger partial charge in [0.05, 0.1) is 16.5 Å². The Morgan fingerprint density at radius 2 is 1.73 bits per heavy atom. The van der Waals surface area contributed by atoms with Crippen molar-refractivity contribution in [3.8, 4) is 17.2 Å². The second-order valence-electron chi connectivity index (χ2n) is 9.68. The summed E-state index contributed by atoms with van der Waals surface area (Å²) in [5, 5.41) is 0.189. The van der Waals surface area contributed by atoms with E-state index >= 15 is 0 Å². The summed E-state index contributed by atoms with van der Waals surface area (Å²) in [5.74, 6) is 1.64. The van der Waals surface area contributed by atoms with Crippen LogP contribution in [0.3, 0.4) is 0 Å². The fourth-order valence-electron chi connectivity index (χ4n) is 4.85. The van der Waals surface area contributed by atoms with Crippen LogP contribution in [0.25, 0.3) is 0 Å². The molecule has 1 saturated heterocycles. The number of rotatable bonds is 10. The van der Waals surface area contributed by atoms with E-state index in [4.69, 9.17) is 25.8 Å². The molecule has 1 atom stereocenters. The Morgan fingerprint density at radius 3 is 2.45 bits per heavy atom. The standard InChI is InChI=1S/C29H32ClN3O6S/c1-2-37-26-11-9-23(18-24(26)30)40(35,36)31-25(16-21-6-4-3-5-7-21)29(34)33-14-12-32(13-15-33)19-22-8-10-27-28(17-22)39-20-38-27/h3-11,17-18,25,31H,2,12-16,19-20H2,1H3/t25-/m1/s1. The van der Waals surface area contributed by atoms with E-state index in [-0.39, 0.29) is 29.0 Å². The third kappa shape index (κ3) is 6.69. The lowest BCUT2D eigenvalue weighted by atomic mass is 10.1. The van der Waals surface area contributed by atoms with Gasteiger partial charge in [-0.2, -0.15) is 4.72 Å². The van der Waals surface area contributed by atoms with Crippen LogP contribution in [0.15, 0.2) is 71.6 Å². The van der Waals surface area contributed by atoms with Gasteiger partial charge in [0.25, 0.3) is 0 Å². The van der Waals surface area contributed by atoms with Gasteiger partial charge in [0.15, 0.2) is 11.5 Å². The highest BCUT2D eigenvalue weighted by Crippen LogP contribution is 2.33. The zero-order valence-electron chi connectivity index (χ0n) is 22.2. The Morgan fingerprint density at radius 1 is 0.975 bits per heavy atom. The zero-order chi connectivity index (χ0) is 28.1. The number of carbonyl (C=O) groups is 1. The predicted octanol–water partition coefficient (Wildman–Crippen LogP) is 3.70. The molecule has 0 radical (unpaired) electrons. The van der Waals surface area contributed by atoms with E-state index in [1.807, 2.05) is 55.5 Å². The third-order valence-corrected chi connectivity index (χ3v) is 8.68. The second-order valence-corrected chi connectivity index (χ2v) is 11.8. The minimum absolute atomic E-state index is 0.0274. The molecular formula is C29H32ClN3O6S. The molecule has 2 aliphatic heterocycles. The van der Waals surface area contributed by atoms with Gasteiger partial charge in [-0.05, 0) is 54.8 Å². The van der Waals surface area contributed by atoms with Gasteiger partial charge >= 0.3 is 0 Å². The summed E-state index contributed by atoms with van der Waals surface area (Å²) in [6.45, 7) is 5.49. The first-order chi connectivity index (χ1) is 19.3. The third-order valence-electron chi connectivity index (χ3n) is 6.92. The van der Waals surface area contributed by atoms with Gasteiger partial charge in [-0.1, -0.05) is 48.0 Å². The minimum Gasteiger partial charge on any atom is -0.492 e. The van der Waals surface area contributed by atoms with Crippen molar-refractivity contribution in [3.63, 3.8) is 0 Å². The van der Waals surface area contributed by atoms with Crippen molar-refractivity contribution in [3.05, 3.63) is 82.9 Å². The molecule has 2 heterocycles. The topological polar surface area (TPSA) is 97.4 Å². The van der Waals surface area contributed by atoms with Crippen LogP contribution in [-0.4, -0.2) is 69.7 Å². The molecule has 11 heteroatoms. The summed E-state index contributed by atoms with van der Waals surface area (Å²) < 4.78 is 45.7. The molecule has 0 saturated carbocycles. The molecule has 3 aromatic carbocycles. The second kappa shape index (κ2) is 12.5. The van der Waals surface area contributed by atoms with E-state index in [1.165, 1.54) is 18.2 Å². The van der Waals surface area contributed by atoms with E-state index < -0.39 is 16.1 Å². The summed E-state index contributed by atoms with van der Waals surface area (Å²) in [4.78, 5) is 17.7. The van der Waals surface area contributed by atoms with E-state index in [2.05, 4.69) is 9.62 Å². The SMILES string of the molecule is CCOc1ccc(S(=O)(=O)N[C@H](Cc2ccccc2)C(=O)N2CCN(Cc3ccc4c(c3)OCO4)CC2)cc1Cl. The number of hydrogen-bond acceptors (Lipinski definition) is 7. The monoisotopic (exact) mass is 585 g/mol. The number of amides is 1. The van der Waals surface area contributed by atoms with Gasteiger partial charge in [0.1, 0.15) is 11.8 Å². The number of ether oxygens (including phenoxy) is 3. The largest absolute Gasteiger partial charge is 0.492 e. The molecule has 0 unspecified atom stereocenters. The number of benzene rings is 3. The minimum atomic E-state index is -4.04. The molecule has 0 bridgehead atoms. The lowest BCUT2D eigenvalue weighted by Gasteiger charge is -2.36. The van der Waals surface area contributed by atoms with Crippen LogP contribution in [0.1, 0.15) is 18.1 Å². The number of nitrogens with zero attached hydrogens (tertiary/aromatic N) is 2. The van der Waals surface area contributed by atoms with E-state index in [9.17, 15) is 13.2 Å². The molecule has 3 aromatic rings. The van der Waals surface area contributed by atoms with Crippen LogP contribution in [0.2, 0.25) is 5.02 Å². The lowest BCUT2D eigenvalue weighted by Crippen LogP contribution is -2.55. The maximum atomic E-state index is 13.7. The highest BCUT2D eigenvalue weighted by atomic mass is 35.5. The molecule has 2 aliphatic rings. The van der Waals surface area contributed by atoms with Crippen molar-refractivity contribution in [1.29, 1.82) is 0 Å². The molecule has 5 rings (SSSR count). The van der Waals surface area contributed by atoms with Crippen molar-refractivity contribution in [2.24, 2.45) is 0 Å². The van der Waals surface area contributed by atoms with Gasteiger partial charge in [-0.15, -0.1) is 0 Å². The van der Waals surface area contributed by atoms with Gasteiger partial charge in [0.2, 0.25) is 22.7 Å². The number of fused-ring (bicyclic) bond motifs is 1. The fraction of sp³-hybridized carbons (Fsp3) is 0.345. The van der Waals surface area contributed by atoms with Crippen LogP contribution >= 0.6 is 11.6 Å². The van der Waals surface area contributed by atoms with E-state index in [0.29, 0.717) is 38.5 Å². The van der Waals surface area contributed by atoms with Crippen molar-refractivity contribution >= 4 is 27.5 Å². The molecule has 212 valence electrons. The molecule has 1 fully saturated rings. The number of sulfonamides is 1. The van der Waals surface area contributed by atoms with Crippen LogP contribution in [0.4, 0.5) is 0 Å². The number of halogens is 1. The van der Waals surface area contributed by atoms with E-state index in [0.717, 1.165) is 29.2 Å². The molecule has 1 N–H and O–H groups in total. The number of nitrogens with one attached hydrogen (secondary N) is 1. The Kier molecular flexibility index (Phi) is 8.80. The maximum absolute atomic E-state index is 13.7. The number of hydrogen-bond donors (Lipinski definition) is 1. The average Bonchev–Trinajstić information content (AvgIpc) is 3.42. The summed E-state index contributed by atoms with van der Waals surface area (Å²) in [5.41, 5.74) is 1.96. The predicted molar refractivity (Wildman–Crippen MR) is 151 cm³/mol. The molecule has 1 amide bonds. The first kappa shape index (κ1) is 28.2. The number of piperazine rings is 1. The van der Waals surface area contributed by atoms with Crippen LogP contribution < -0.4 is 18.9 Å². The van der Waals surface area contributed by atoms with Crippen molar-refractivity contribution < 1.29 is 27.4 Å². The molecular weight excluding hydrogens is 554 g/mol. The van der Waals surface area contributed by atoms with Gasteiger partial charge in [0, 0.05) is 32.7 Å². The Labute approximate surface area is 239 Å². The van der Waals surface area contributed by atoms with Crippen molar-refractivity contribution in [2.45, 2.75) is 30.8 Å². The van der Waals surface area contributed by atoms with Crippen LogP contribution in [-0.2, 0) is 27.8 Å². The van der Waals surface area contributed by atoms with Crippen molar-refractivity contribution in [1.82, 2.24) is 14.5 Å². The fourth-order valence-corrected chi connectivity index (χ4v) is 6.36. The quantitative estimate of drug-likeness (QED) is 0.387. The molecule has 40 heavy (non-hydrogen) atoms. The molecule has 0 spiro atoms. The summed E-state index contributed by atoms with van der Waals surface area (Å²) in [6, 6.07) is 18.6. The van der Waals surface area contributed by atoms with Gasteiger partial charge in [-0.25, -0.2) is 8.42 Å². The van der Waals surface area contributed by atoms with Crippen LogP contribution in [0, 0.1) is 0 Å². The normalized spacial score (nSPS) is 16.1. The van der Waals surface area contributed by atoms with E-state index in [1.54, 1.807) is 4.90 Å². The summed E-state index contributed by atoms with van der Waals surface area (Å²) in [7, 11) is -4.04. The highest BCUT2D eigenvalue weighted by molar-refractivity contribution is 7.89. The zero-order valence-corrected chi connectivity index (χ0v) is 23.8. The summed E-state index contributed by atoms with van der Waals surface area (Å²) in [6.07, 6.45) is 0.223. The smallest absolute Gasteiger partial charge is 0.241 e. The van der Waals surface area contributed by atoms with Crippen LogP contribution in [0.5, 0.6) is 17.2 Å². The first-order valence-corrected chi connectivity index (χ1v) is 15.1. The maximum Gasteiger partial charge on any atom is 0.241 e. The molecule has 0 aromatic heterocycles. The number of carbonyl (C=O) groups excluding carboxylic acids is 1.